The van der Waals surface area contributed by atoms with E-state index in [1.165, 1.54) is 6.26 Å². The van der Waals surface area contributed by atoms with Crippen LogP contribution in [0.15, 0.2) is 28.7 Å². The van der Waals surface area contributed by atoms with Gasteiger partial charge in [-0.3, -0.25) is 4.90 Å². The Morgan fingerprint density at radius 1 is 1.31 bits per heavy atom. The normalized spacial score (nSPS) is 21.5. The third-order valence-electron chi connectivity index (χ3n) is 3.87. The third-order valence-corrected chi connectivity index (χ3v) is 5.37. The summed E-state index contributed by atoms with van der Waals surface area (Å²) in [6.07, 6.45) is 0.792. The maximum atomic E-state index is 12.7. The molecule has 1 aliphatic rings. The van der Waals surface area contributed by atoms with E-state index in [9.17, 15) is 13.2 Å². The number of amides is 1. The Kier molecular flexibility index (Phi) is 6.74. The number of sulfone groups is 1. The molecule has 0 aliphatic carbocycles. The highest BCUT2D eigenvalue weighted by Crippen LogP contribution is 2.21. The Labute approximate surface area is 163 Å². The summed E-state index contributed by atoms with van der Waals surface area (Å²) in [5, 5.41) is 0. The maximum absolute atomic E-state index is 12.7. The van der Waals surface area contributed by atoms with E-state index in [-0.39, 0.29) is 24.9 Å². The zero-order valence-electron chi connectivity index (χ0n) is 15.6. The lowest BCUT2D eigenvalue weighted by molar-refractivity contribution is -0.0618. The van der Waals surface area contributed by atoms with Gasteiger partial charge in [0.2, 0.25) is 0 Å². The van der Waals surface area contributed by atoms with Crippen LogP contribution in [0.1, 0.15) is 26.3 Å². The van der Waals surface area contributed by atoms with Crippen LogP contribution >= 0.6 is 15.9 Å². The van der Waals surface area contributed by atoms with Crippen molar-refractivity contribution in [2.24, 2.45) is 0 Å². The second kappa shape index (κ2) is 8.27. The molecule has 8 heteroatoms. The van der Waals surface area contributed by atoms with Crippen LogP contribution in [0.5, 0.6) is 0 Å². The molecule has 146 valence electrons. The zero-order chi connectivity index (χ0) is 19.5. The number of nitrogens with zero attached hydrogens (tertiary/aromatic N) is 1. The summed E-state index contributed by atoms with van der Waals surface area (Å²) < 4.78 is 35.4. The van der Waals surface area contributed by atoms with Gasteiger partial charge in [0.25, 0.3) is 0 Å². The molecule has 1 amide bonds. The maximum Gasteiger partial charge on any atom is 0.410 e. The topological polar surface area (TPSA) is 72.9 Å². The van der Waals surface area contributed by atoms with E-state index < -0.39 is 27.6 Å². The van der Waals surface area contributed by atoms with Gasteiger partial charge in [-0.05, 0) is 44.9 Å². The van der Waals surface area contributed by atoms with Crippen LogP contribution in [0.4, 0.5) is 4.79 Å². The van der Waals surface area contributed by atoms with Gasteiger partial charge < -0.3 is 9.47 Å². The van der Waals surface area contributed by atoms with E-state index in [1.807, 2.05) is 45.0 Å². The predicted molar refractivity (Wildman–Crippen MR) is 104 cm³/mol. The Balaban J connectivity index is 2.16. The van der Waals surface area contributed by atoms with E-state index in [0.717, 1.165) is 10.0 Å². The largest absolute Gasteiger partial charge is 0.444 e. The number of morpholine rings is 1. The van der Waals surface area contributed by atoms with Crippen LogP contribution in [0, 0.1) is 0 Å². The molecule has 1 saturated heterocycles. The van der Waals surface area contributed by atoms with Gasteiger partial charge in [-0.15, -0.1) is 0 Å². The first kappa shape index (κ1) is 21.2. The van der Waals surface area contributed by atoms with Gasteiger partial charge in [0, 0.05) is 10.7 Å². The van der Waals surface area contributed by atoms with Crippen molar-refractivity contribution in [3.8, 4) is 0 Å². The van der Waals surface area contributed by atoms with Crippen LogP contribution in [-0.2, 0) is 25.7 Å². The lowest BCUT2D eigenvalue weighted by atomic mass is 10.0. The summed E-state index contributed by atoms with van der Waals surface area (Å²) in [6, 6.07) is 7.66. The number of hydrogen-bond acceptors (Lipinski definition) is 5. The molecule has 26 heavy (non-hydrogen) atoms. The molecule has 1 fully saturated rings. The Bertz CT molecular complexity index is 727. The first-order chi connectivity index (χ1) is 11.9. The molecule has 1 aliphatic heterocycles. The quantitative estimate of drug-likeness (QED) is 0.708. The van der Waals surface area contributed by atoms with Gasteiger partial charge in [-0.1, -0.05) is 28.1 Å². The smallest absolute Gasteiger partial charge is 0.410 e. The molecule has 1 heterocycles. The fraction of sp³-hybridized carbons (Fsp3) is 0.611. The molecule has 6 nitrogen and oxygen atoms in total. The summed E-state index contributed by atoms with van der Waals surface area (Å²) in [5.41, 5.74) is 0.445. The average molecular weight is 448 g/mol. The lowest BCUT2D eigenvalue weighted by Gasteiger charge is -2.40. The Hall–Kier alpha value is -1.12. The van der Waals surface area contributed by atoms with Crippen molar-refractivity contribution in [2.75, 3.05) is 25.2 Å². The zero-order valence-corrected chi connectivity index (χ0v) is 18.0. The monoisotopic (exact) mass is 447 g/mol. The van der Waals surface area contributed by atoms with Crippen molar-refractivity contribution >= 4 is 31.9 Å². The van der Waals surface area contributed by atoms with Crippen molar-refractivity contribution in [3.63, 3.8) is 0 Å². The standard InChI is InChI=1S/C18H26BrNO5S/c1-18(2,3)25-17(21)20-10-16(12-26(4,22)23)24-11-15(20)9-13-5-7-14(19)8-6-13/h5-8,15-16H,9-12H2,1-4H3/t15-,16+/m0/s1. The van der Waals surface area contributed by atoms with E-state index >= 15 is 0 Å². The minimum absolute atomic E-state index is 0.114. The number of ether oxygens (including phenoxy) is 2. The fourth-order valence-electron chi connectivity index (χ4n) is 2.80. The van der Waals surface area contributed by atoms with Crippen molar-refractivity contribution in [3.05, 3.63) is 34.3 Å². The first-order valence-corrected chi connectivity index (χ1v) is 11.3. The summed E-state index contributed by atoms with van der Waals surface area (Å²) in [7, 11) is -3.20. The van der Waals surface area contributed by atoms with Crippen LogP contribution in [0.25, 0.3) is 0 Å². The third kappa shape index (κ3) is 6.89. The Morgan fingerprint density at radius 2 is 1.92 bits per heavy atom. The van der Waals surface area contributed by atoms with E-state index in [2.05, 4.69) is 15.9 Å². The molecule has 0 unspecified atom stereocenters. The SMILES string of the molecule is CC(C)(C)OC(=O)N1C[C@H](CS(C)(=O)=O)OC[C@@H]1Cc1ccc(Br)cc1. The lowest BCUT2D eigenvalue weighted by Crippen LogP contribution is -2.55. The van der Waals surface area contributed by atoms with Crippen LogP contribution < -0.4 is 0 Å². The second-order valence-corrected chi connectivity index (χ2v) is 10.8. The number of rotatable bonds is 4. The molecule has 0 radical (unpaired) electrons. The van der Waals surface area contributed by atoms with Gasteiger partial charge in [-0.2, -0.15) is 0 Å². The highest BCUT2D eigenvalue weighted by Gasteiger charge is 2.36. The van der Waals surface area contributed by atoms with Crippen molar-refractivity contribution in [1.29, 1.82) is 0 Å². The number of carbonyl (C=O) groups is 1. The highest BCUT2D eigenvalue weighted by molar-refractivity contribution is 9.10. The summed E-state index contributed by atoms with van der Waals surface area (Å²) in [6.45, 7) is 5.90. The predicted octanol–water partition coefficient (Wildman–Crippen LogP) is 3.04. The van der Waals surface area contributed by atoms with Gasteiger partial charge in [0.05, 0.1) is 31.1 Å². The van der Waals surface area contributed by atoms with Crippen molar-refractivity contribution in [2.45, 2.75) is 44.9 Å². The summed E-state index contributed by atoms with van der Waals surface area (Å²) in [5.74, 6) is -0.114. The van der Waals surface area contributed by atoms with Gasteiger partial charge >= 0.3 is 6.09 Å². The van der Waals surface area contributed by atoms with Gasteiger partial charge in [-0.25, -0.2) is 13.2 Å². The molecule has 2 rings (SSSR count). The molecule has 0 aromatic heterocycles. The molecule has 1 aromatic carbocycles. The molecule has 0 bridgehead atoms. The molecule has 2 atom stereocenters. The average Bonchev–Trinajstić information content (AvgIpc) is 2.47. The highest BCUT2D eigenvalue weighted by atomic mass is 79.9. The number of halogens is 1. The summed E-state index contributed by atoms with van der Waals surface area (Å²) in [4.78, 5) is 14.3. The van der Waals surface area contributed by atoms with Gasteiger partial charge in [0.1, 0.15) is 15.4 Å². The van der Waals surface area contributed by atoms with E-state index in [4.69, 9.17) is 9.47 Å². The molecular weight excluding hydrogens is 422 g/mol. The molecular formula is C18H26BrNO5S. The van der Waals surface area contributed by atoms with Crippen LogP contribution in [-0.4, -0.2) is 62.3 Å². The number of benzene rings is 1. The minimum atomic E-state index is -3.20. The van der Waals surface area contributed by atoms with Crippen molar-refractivity contribution < 1.29 is 22.7 Å². The molecule has 0 saturated carbocycles. The Morgan fingerprint density at radius 3 is 2.46 bits per heavy atom. The minimum Gasteiger partial charge on any atom is -0.444 e. The van der Waals surface area contributed by atoms with Crippen molar-refractivity contribution in [1.82, 2.24) is 4.90 Å². The summed E-state index contributed by atoms with van der Waals surface area (Å²) >= 11 is 3.41. The number of hydrogen-bond donors (Lipinski definition) is 0. The van der Waals surface area contributed by atoms with E-state index in [1.54, 1.807) is 4.90 Å². The van der Waals surface area contributed by atoms with E-state index in [0.29, 0.717) is 6.42 Å². The van der Waals surface area contributed by atoms with Crippen LogP contribution in [0.2, 0.25) is 0 Å². The number of carbonyl (C=O) groups excluding carboxylic acids is 1. The first-order valence-electron chi connectivity index (χ1n) is 8.46. The molecule has 1 aromatic rings. The van der Waals surface area contributed by atoms with Crippen LogP contribution in [0.3, 0.4) is 0 Å². The van der Waals surface area contributed by atoms with Gasteiger partial charge in [0.15, 0.2) is 0 Å². The second-order valence-electron chi connectivity index (χ2n) is 7.66. The molecule has 0 N–H and O–H groups in total. The molecule has 0 spiro atoms. The fourth-order valence-corrected chi connectivity index (χ4v) is 3.94.